The molecule has 0 radical (unpaired) electrons. The maximum atomic E-state index is 13.4. The van der Waals surface area contributed by atoms with Crippen molar-refractivity contribution in [3.05, 3.63) is 59.7 Å². The molecule has 12 heteroatoms. The van der Waals surface area contributed by atoms with Gasteiger partial charge in [-0.25, -0.2) is 9.97 Å². The van der Waals surface area contributed by atoms with Gasteiger partial charge in [0.15, 0.2) is 11.2 Å². The predicted molar refractivity (Wildman–Crippen MR) is 113 cm³/mol. The third kappa shape index (κ3) is 6.13. The Labute approximate surface area is 202 Å². The molecular weight excluding hydrogens is 500 g/mol. The summed E-state index contributed by atoms with van der Waals surface area (Å²) < 4.78 is 102. The Kier molecular flexibility index (Phi) is 8.29. The number of halogens is 8. The number of hydrogen-bond donors (Lipinski definition) is 2. The molecule has 2 N–H and O–H groups in total. The maximum Gasteiger partial charge on any atom is 0.417 e. The molecule has 36 heavy (non-hydrogen) atoms. The minimum absolute atomic E-state index is 0.110. The van der Waals surface area contributed by atoms with Gasteiger partial charge in [0, 0.05) is 23.5 Å². The number of pyridine rings is 2. The lowest BCUT2D eigenvalue weighted by Gasteiger charge is -2.37. The Morgan fingerprint density at radius 2 is 0.944 bits per heavy atom. The smallest absolute Gasteiger partial charge is 0.380 e. The summed E-state index contributed by atoms with van der Waals surface area (Å²) >= 11 is 0. The highest BCUT2D eigenvalue weighted by Crippen LogP contribution is 2.47. The Morgan fingerprint density at radius 1 is 0.639 bits per heavy atom. The molecular formula is C24H26F8N2O2. The number of aromatic nitrogens is 2. The average molecular weight is 526 g/mol. The maximum absolute atomic E-state index is 13.4. The van der Waals surface area contributed by atoms with E-state index in [0.717, 1.165) is 0 Å². The van der Waals surface area contributed by atoms with Crippen LogP contribution in [0.25, 0.3) is 0 Å². The zero-order chi connectivity index (χ0) is 26.8. The average Bonchev–Trinajstić information content (AvgIpc) is 2.80. The van der Waals surface area contributed by atoms with Crippen molar-refractivity contribution in [2.24, 2.45) is 0 Å². The van der Waals surface area contributed by atoms with Crippen LogP contribution in [0.15, 0.2) is 36.7 Å². The summed E-state index contributed by atoms with van der Waals surface area (Å²) in [5.41, 5.74) is -4.58. The van der Waals surface area contributed by atoms with Crippen LogP contribution in [0, 0.1) is 11.9 Å². The minimum Gasteiger partial charge on any atom is -0.380 e. The topological polar surface area (TPSA) is 66.2 Å². The molecule has 0 spiro atoms. The van der Waals surface area contributed by atoms with Crippen molar-refractivity contribution in [3.63, 3.8) is 0 Å². The zero-order valence-electron chi connectivity index (χ0n) is 19.1. The molecule has 2 fully saturated rings. The van der Waals surface area contributed by atoms with Gasteiger partial charge >= 0.3 is 12.4 Å². The molecule has 200 valence electrons. The summed E-state index contributed by atoms with van der Waals surface area (Å²) in [5, 5.41) is 19.0. The monoisotopic (exact) mass is 526 g/mol. The molecule has 2 aliphatic rings. The number of alkyl halides is 6. The molecule has 4 rings (SSSR count). The molecule has 2 aromatic rings. The Hall–Kier alpha value is -2.34. The van der Waals surface area contributed by atoms with Gasteiger partial charge in [-0.05, 0) is 75.3 Å². The molecule has 2 aromatic heterocycles. The van der Waals surface area contributed by atoms with Crippen LogP contribution in [0.1, 0.15) is 74.3 Å². The van der Waals surface area contributed by atoms with Crippen LogP contribution in [0.2, 0.25) is 0 Å². The van der Waals surface area contributed by atoms with E-state index in [2.05, 4.69) is 9.97 Å². The summed E-state index contributed by atoms with van der Waals surface area (Å²) in [6, 6.07) is 6.18. The predicted octanol–water partition coefficient (Wildman–Crippen LogP) is 6.34. The van der Waals surface area contributed by atoms with Crippen LogP contribution in [0.5, 0.6) is 0 Å². The fourth-order valence-electron chi connectivity index (χ4n) is 4.79. The highest BCUT2D eigenvalue weighted by molar-refractivity contribution is 5.19. The molecule has 2 heterocycles. The van der Waals surface area contributed by atoms with E-state index in [9.17, 15) is 45.3 Å². The van der Waals surface area contributed by atoms with Crippen LogP contribution in [-0.4, -0.2) is 43.7 Å². The normalized spacial score (nSPS) is 29.3. The third-order valence-corrected chi connectivity index (χ3v) is 7.14. The summed E-state index contributed by atoms with van der Waals surface area (Å²) in [4.78, 5) is 6.98. The number of nitrogens with zero attached hydrogens (tertiary/aromatic N) is 2. The second kappa shape index (κ2) is 10.6. The summed E-state index contributed by atoms with van der Waals surface area (Å²) in [6.45, 7) is 0. The first-order valence-corrected chi connectivity index (χ1v) is 11.5. The fourth-order valence-corrected chi connectivity index (χ4v) is 4.79. The minimum atomic E-state index is -4.62. The van der Waals surface area contributed by atoms with Crippen molar-refractivity contribution in [2.45, 2.75) is 86.8 Å². The molecule has 0 atom stereocenters. The first-order valence-electron chi connectivity index (χ1n) is 11.5. The molecule has 0 aromatic carbocycles. The Morgan fingerprint density at radius 3 is 1.19 bits per heavy atom. The van der Waals surface area contributed by atoms with E-state index < -0.39 is 61.1 Å². The van der Waals surface area contributed by atoms with E-state index in [1.807, 2.05) is 0 Å². The van der Waals surface area contributed by atoms with Gasteiger partial charge in [0.25, 0.3) is 0 Å². The van der Waals surface area contributed by atoms with Crippen molar-refractivity contribution in [1.82, 2.24) is 9.97 Å². The van der Waals surface area contributed by atoms with E-state index in [-0.39, 0.29) is 37.5 Å². The van der Waals surface area contributed by atoms with Gasteiger partial charge in [-0.15, -0.1) is 0 Å². The second-order valence-corrected chi connectivity index (χ2v) is 9.37. The largest absolute Gasteiger partial charge is 0.417 e. The van der Waals surface area contributed by atoms with Crippen molar-refractivity contribution in [1.29, 1.82) is 0 Å². The second-order valence-electron chi connectivity index (χ2n) is 9.37. The Balaban J connectivity index is 0.000000201. The van der Waals surface area contributed by atoms with Crippen molar-refractivity contribution >= 4 is 0 Å². The highest BCUT2D eigenvalue weighted by Gasteiger charge is 2.55. The van der Waals surface area contributed by atoms with E-state index in [1.165, 1.54) is 24.5 Å². The molecule has 0 saturated heterocycles. The van der Waals surface area contributed by atoms with Gasteiger partial charge in [-0.2, -0.15) is 35.1 Å². The number of aliphatic hydroxyl groups is 2. The van der Waals surface area contributed by atoms with Gasteiger partial charge in [0.1, 0.15) is 0 Å². The van der Waals surface area contributed by atoms with Crippen molar-refractivity contribution < 1.29 is 45.3 Å². The molecule has 0 aliphatic heterocycles. The number of hydrogen-bond acceptors (Lipinski definition) is 4. The zero-order valence-corrected chi connectivity index (χ0v) is 19.1. The lowest BCUT2D eigenvalue weighted by atomic mass is 9.76. The Bertz CT molecular complexity index is 930. The summed E-state index contributed by atoms with van der Waals surface area (Å²) in [5.74, 6) is -1.89. The molecule has 2 saturated carbocycles. The van der Waals surface area contributed by atoms with Crippen LogP contribution in [-0.2, 0) is 0 Å². The van der Waals surface area contributed by atoms with Gasteiger partial charge in [0.05, 0.1) is 0 Å². The fraction of sp³-hybridized carbons (Fsp3) is 0.583. The number of rotatable bonds is 2. The molecule has 2 aliphatic carbocycles. The third-order valence-electron chi connectivity index (χ3n) is 7.14. The first kappa shape index (κ1) is 28.2. The van der Waals surface area contributed by atoms with Crippen LogP contribution in [0.4, 0.5) is 35.1 Å². The van der Waals surface area contributed by atoms with E-state index in [0.29, 0.717) is 11.1 Å². The molecule has 0 unspecified atom stereocenters. The van der Waals surface area contributed by atoms with E-state index in [1.54, 1.807) is 12.1 Å². The van der Waals surface area contributed by atoms with Gasteiger partial charge in [-0.3, -0.25) is 0 Å². The standard InChI is InChI=1S/2C12H13F4NO/c2*13-10-9(2-1-7-17-10)8-3-5-11(18,6-4-8)12(14,15)16/h2*1-2,7-8,18H,3-6H2. The van der Waals surface area contributed by atoms with Crippen molar-refractivity contribution in [2.75, 3.05) is 0 Å². The van der Waals surface area contributed by atoms with Crippen molar-refractivity contribution in [3.8, 4) is 0 Å². The molecule has 0 bridgehead atoms. The van der Waals surface area contributed by atoms with Crippen LogP contribution < -0.4 is 0 Å². The van der Waals surface area contributed by atoms with Crippen LogP contribution >= 0.6 is 0 Å². The quantitative estimate of drug-likeness (QED) is 0.354. The lowest BCUT2D eigenvalue weighted by molar-refractivity contribution is -0.270. The van der Waals surface area contributed by atoms with E-state index in [4.69, 9.17) is 0 Å². The molecule has 4 nitrogen and oxygen atoms in total. The van der Waals surface area contributed by atoms with E-state index >= 15 is 0 Å². The first-order chi connectivity index (χ1) is 16.7. The summed E-state index contributed by atoms with van der Waals surface area (Å²) in [7, 11) is 0. The summed E-state index contributed by atoms with van der Waals surface area (Å²) in [6.07, 6.45) is -7.77. The lowest BCUT2D eigenvalue weighted by Crippen LogP contribution is -2.47. The van der Waals surface area contributed by atoms with Gasteiger partial charge < -0.3 is 10.2 Å². The van der Waals surface area contributed by atoms with Gasteiger partial charge in [-0.1, -0.05) is 12.1 Å². The molecule has 0 amide bonds. The van der Waals surface area contributed by atoms with Gasteiger partial charge in [0.2, 0.25) is 11.9 Å². The van der Waals surface area contributed by atoms with Crippen LogP contribution in [0.3, 0.4) is 0 Å². The highest BCUT2D eigenvalue weighted by atomic mass is 19.4. The SMILES string of the molecule is OC1(C(F)(F)F)CCC(c2cccnc2F)CC1.OC1(C(F)(F)F)CCC(c2cccnc2F)CC1.